The largest absolute Gasteiger partial charge is 0.393 e. The van der Waals surface area contributed by atoms with Crippen molar-refractivity contribution in [1.82, 2.24) is 0 Å². The van der Waals surface area contributed by atoms with Gasteiger partial charge in [0.05, 0.1) is 12.2 Å². The first-order chi connectivity index (χ1) is 4.20. The molecule has 1 rings (SSSR count). The summed E-state index contributed by atoms with van der Waals surface area (Å²) in [5.41, 5.74) is 5.46. The Kier molecular flexibility index (Phi) is 2.05. The Morgan fingerprint density at radius 3 is 2.33 bits per heavy atom. The Bertz CT molecular complexity index is 97.1. The average Bonchev–Trinajstić information content (AvgIpc) is 1.80. The van der Waals surface area contributed by atoms with Crippen molar-refractivity contribution in [2.75, 3.05) is 0 Å². The van der Waals surface area contributed by atoms with Gasteiger partial charge < -0.3 is 15.9 Å². The third-order valence-corrected chi connectivity index (χ3v) is 1.83. The molecule has 4 N–H and O–H groups in total. The molecule has 1 fully saturated rings. The molecule has 0 spiro atoms. The lowest BCUT2D eigenvalue weighted by atomic mass is 9.91. The van der Waals surface area contributed by atoms with Gasteiger partial charge in [-0.2, -0.15) is 0 Å². The highest BCUT2D eigenvalue weighted by Gasteiger charge is 2.24. The highest BCUT2D eigenvalue weighted by molar-refractivity contribution is 4.81. The molecule has 0 aromatic rings. The summed E-state index contributed by atoms with van der Waals surface area (Å²) in [6.07, 6.45) is 1.19. The molecule has 0 aliphatic heterocycles. The predicted molar refractivity (Wildman–Crippen MR) is 33.8 cm³/mol. The third-order valence-electron chi connectivity index (χ3n) is 1.83. The molecular formula is C6H13NO2. The molecule has 54 valence electrons. The summed E-state index contributed by atoms with van der Waals surface area (Å²) in [7, 11) is 0. The molecule has 3 heteroatoms. The zero-order chi connectivity index (χ0) is 6.85. The van der Waals surface area contributed by atoms with Gasteiger partial charge in [0.15, 0.2) is 0 Å². The predicted octanol–water partition coefficient (Wildman–Crippen LogP) is -0.781. The second-order valence-corrected chi connectivity index (χ2v) is 2.70. The highest BCUT2D eigenvalue weighted by atomic mass is 16.3. The van der Waals surface area contributed by atoms with Crippen molar-refractivity contribution >= 4 is 0 Å². The van der Waals surface area contributed by atoms with Gasteiger partial charge in [-0.15, -0.1) is 0 Å². The van der Waals surface area contributed by atoms with Gasteiger partial charge in [0.1, 0.15) is 0 Å². The topological polar surface area (TPSA) is 66.5 Å². The van der Waals surface area contributed by atoms with E-state index < -0.39 is 6.10 Å². The first-order valence-corrected chi connectivity index (χ1v) is 3.32. The van der Waals surface area contributed by atoms with E-state index in [1.165, 1.54) is 0 Å². The van der Waals surface area contributed by atoms with Crippen molar-refractivity contribution in [2.45, 2.75) is 37.5 Å². The fraction of sp³-hybridized carbons (Fsp3) is 1.00. The summed E-state index contributed by atoms with van der Waals surface area (Å²) in [5, 5.41) is 18.1. The van der Waals surface area contributed by atoms with Crippen molar-refractivity contribution < 1.29 is 10.2 Å². The van der Waals surface area contributed by atoms with E-state index in [0.29, 0.717) is 19.3 Å². The molecule has 1 saturated carbocycles. The quantitative estimate of drug-likeness (QED) is 0.404. The Labute approximate surface area is 54.5 Å². The fourth-order valence-electron chi connectivity index (χ4n) is 1.17. The van der Waals surface area contributed by atoms with Crippen LogP contribution in [0.2, 0.25) is 0 Å². The van der Waals surface area contributed by atoms with Crippen LogP contribution in [0.3, 0.4) is 0 Å². The molecular weight excluding hydrogens is 118 g/mol. The molecule has 0 aromatic carbocycles. The van der Waals surface area contributed by atoms with Crippen LogP contribution in [-0.2, 0) is 0 Å². The maximum Gasteiger partial charge on any atom is 0.0693 e. The van der Waals surface area contributed by atoms with Gasteiger partial charge in [-0.3, -0.25) is 0 Å². The summed E-state index contributed by atoms with van der Waals surface area (Å²) < 4.78 is 0. The van der Waals surface area contributed by atoms with Gasteiger partial charge in [-0.25, -0.2) is 0 Å². The van der Waals surface area contributed by atoms with E-state index in [2.05, 4.69) is 0 Å². The molecule has 0 radical (unpaired) electrons. The SMILES string of the molecule is NC1CC(O)CCC1O. The van der Waals surface area contributed by atoms with E-state index in [-0.39, 0.29) is 12.1 Å². The van der Waals surface area contributed by atoms with Crippen LogP contribution >= 0.6 is 0 Å². The molecule has 1 aliphatic rings. The van der Waals surface area contributed by atoms with Crippen molar-refractivity contribution in [2.24, 2.45) is 5.73 Å². The Hall–Kier alpha value is -0.120. The minimum absolute atomic E-state index is 0.214. The van der Waals surface area contributed by atoms with Gasteiger partial charge in [0.25, 0.3) is 0 Å². The number of hydrogen-bond acceptors (Lipinski definition) is 3. The van der Waals surface area contributed by atoms with Crippen LogP contribution in [0.25, 0.3) is 0 Å². The fourth-order valence-corrected chi connectivity index (χ4v) is 1.17. The average molecular weight is 131 g/mol. The van der Waals surface area contributed by atoms with Gasteiger partial charge in [-0.05, 0) is 19.3 Å². The normalized spacial score (nSPS) is 45.0. The van der Waals surface area contributed by atoms with Crippen LogP contribution in [0.5, 0.6) is 0 Å². The molecule has 0 bridgehead atoms. The summed E-state index contributed by atoms with van der Waals surface area (Å²) >= 11 is 0. The molecule has 1 aliphatic carbocycles. The maximum absolute atomic E-state index is 9.06. The zero-order valence-electron chi connectivity index (χ0n) is 5.33. The molecule has 9 heavy (non-hydrogen) atoms. The Morgan fingerprint density at radius 1 is 1.22 bits per heavy atom. The third kappa shape index (κ3) is 1.64. The second kappa shape index (κ2) is 2.64. The highest BCUT2D eigenvalue weighted by Crippen LogP contribution is 2.16. The lowest BCUT2D eigenvalue weighted by molar-refractivity contribution is 0.0379. The number of rotatable bonds is 0. The number of nitrogens with two attached hydrogens (primary N) is 1. The van der Waals surface area contributed by atoms with E-state index >= 15 is 0 Å². The first-order valence-electron chi connectivity index (χ1n) is 3.32. The van der Waals surface area contributed by atoms with Crippen molar-refractivity contribution in [3.05, 3.63) is 0 Å². The van der Waals surface area contributed by atoms with Crippen LogP contribution < -0.4 is 5.73 Å². The summed E-state index contributed by atoms with van der Waals surface area (Å²) in [6.45, 7) is 0. The lowest BCUT2D eigenvalue weighted by Gasteiger charge is -2.27. The molecule has 3 unspecified atom stereocenters. The van der Waals surface area contributed by atoms with Crippen LogP contribution in [0.1, 0.15) is 19.3 Å². The number of aliphatic hydroxyl groups is 2. The lowest BCUT2D eigenvalue weighted by Crippen LogP contribution is -2.42. The van der Waals surface area contributed by atoms with Gasteiger partial charge >= 0.3 is 0 Å². The van der Waals surface area contributed by atoms with Crippen molar-refractivity contribution in [3.63, 3.8) is 0 Å². The van der Waals surface area contributed by atoms with Crippen LogP contribution in [0.4, 0.5) is 0 Å². The maximum atomic E-state index is 9.06. The number of hydrogen-bond donors (Lipinski definition) is 3. The molecule has 3 atom stereocenters. The summed E-state index contributed by atoms with van der Waals surface area (Å²) in [4.78, 5) is 0. The minimum Gasteiger partial charge on any atom is -0.393 e. The Balaban J connectivity index is 2.35. The smallest absolute Gasteiger partial charge is 0.0693 e. The van der Waals surface area contributed by atoms with E-state index in [4.69, 9.17) is 15.9 Å². The van der Waals surface area contributed by atoms with Gasteiger partial charge in [-0.1, -0.05) is 0 Å². The summed E-state index contributed by atoms with van der Waals surface area (Å²) in [6, 6.07) is -0.214. The van der Waals surface area contributed by atoms with Gasteiger partial charge in [0.2, 0.25) is 0 Å². The van der Waals surface area contributed by atoms with Crippen LogP contribution in [-0.4, -0.2) is 28.5 Å². The molecule has 0 aromatic heterocycles. The number of aliphatic hydroxyl groups excluding tert-OH is 2. The van der Waals surface area contributed by atoms with Gasteiger partial charge in [0, 0.05) is 6.04 Å². The first kappa shape index (κ1) is 6.99. The van der Waals surface area contributed by atoms with Crippen LogP contribution in [0.15, 0.2) is 0 Å². The standard InChI is InChI=1S/C6H13NO2/c7-5-3-4(8)1-2-6(5)9/h4-6,8-9H,1-3,7H2. The monoisotopic (exact) mass is 131 g/mol. The zero-order valence-corrected chi connectivity index (χ0v) is 5.33. The molecule has 0 saturated heterocycles. The summed E-state index contributed by atoms with van der Waals surface area (Å²) in [5.74, 6) is 0. The van der Waals surface area contributed by atoms with Crippen molar-refractivity contribution in [3.8, 4) is 0 Å². The Morgan fingerprint density at radius 2 is 1.89 bits per heavy atom. The van der Waals surface area contributed by atoms with E-state index in [0.717, 1.165) is 0 Å². The second-order valence-electron chi connectivity index (χ2n) is 2.70. The minimum atomic E-state index is -0.395. The van der Waals surface area contributed by atoms with E-state index in [1.54, 1.807) is 0 Å². The van der Waals surface area contributed by atoms with Crippen LogP contribution in [0, 0.1) is 0 Å². The van der Waals surface area contributed by atoms with E-state index in [9.17, 15) is 0 Å². The molecule has 3 nitrogen and oxygen atoms in total. The molecule has 0 amide bonds. The van der Waals surface area contributed by atoms with E-state index in [1.807, 2.05) is 0 Å². The van der Waals surface area contributed by atoms with Crippen molar-refractivity contribution in [1.29, 1.82) is 0 Å². The molecule has 0 heterocycles.